The molecule has 1 aliphatic rings. The normalized spacial score (nSPS) is 17.2. The van der Waals surface area contributed by atoms with Gasteiger partial charge in [0.15, 0.2) is 0 Å². The third kappa shape index (κ3) is 2.45. The number of fused-ring (bicyclic) bond motifs is 3. The Morgan fingerprint density at radius 3 is 2.83 bits per heavy atom. The van der Waals surface area contributed by atoms with Crippen LogP contribution in [0.4, 0.5) is 0 Å². The van der Waals surface area contributed by atoms with Crippen LogP contribution in [-0.2, 0) is 12.8 Å². The van der Waals surface area contributed by atoms with Gasteiger partial charge in [-0.15, -0.1) is 11.3 Å². The maximum atomic E-state index is 12.6. The number of ether oxygens (including phenoxy) is 1. The van der Waals surface area contributed by atoms with E-state index < -0.39 is 0 Å². The first-order chi connectivity index (χ1) is 11.2. The molecular weight excluding hydrogens is 308 g/mol. The molecule has 0 spiro atoms. The standard InChI is InChI=1S/C18H18N2O2S/c1-10-3-8-13-14(9-10)23-18-15(13)17(21)19-16(20-18)11-4-6-12(22-2)7-5-11/h4-7,10H,3,8-9H2,1-2H3,(H,19,20,21). The lowest BCUT2D eigenvalue weighted by atomic mass is 9.89. The number of aryl methyl sites for hydroxylation is 1. The Bertz CT molecular complexity index is 925. The molecule has 0 saturated carbocycles. The Balaban J connectivity index is 1.85. The molecule has 3 aromatic rings. The molecule has 0 saturated heterocycles. The van der Waals surface area contributed by atoms with Crippen molar-refractivity contribution in [2.75, 3.05) is 7.11 Å². The van der Waals surface area contributed by atoms with Crippen LogP contribution in [0.1, 0.15) is 23.8 Å². The van der Waals surface area contributed by atoms with Crippen LogP contribution in [0.5, 0.6) is 5.75 Å². The lowest BCUT2D eigenvalue weighted by Crippen LogP contribution is -2.13. The topological polar surface area (TPSA) is 55.0 Å². The predicted octanol–water partition coefficient (Wildman–Crippen LogP) is 3.79. The number of nitrogens with one attached hydrogen (secondary N) is 1. The van der Waals surface area contributed by atoms with E-state index in [4.69, 9.17) is 9.72 Å². The number of nitrogens with zero attached hydrogens (tertiary/aromatic N) is 1. The van der Waals surface area contributed by atoms with E-state index in [1.54, 1.807) is 18.4 Å². The van der Waals surface area contributed by atoms with Gasteiger partial charge in [-0.2, -0.15) is 0 Å². The molecule has 1 unspecified atom stereocenters. The quantitative estimate of drug-likeness (QED) is 0.779. The number of H-pyrrole nitrogens is 1. The van der Waals surface area contributed by atoms with Crippen molar-refractivity contribution in [3.63, 3.8) is 0 Å². The molecule has 0 fully saturated rings. The van der Waals surface area contributed by atoms with Crippen LogP contribution < -0.4 is 10.3 Å². The van der Waals surface area contributed by atoms with Gasteiger partial charge in [0.1, 0.15) is 16.4 Å². The largest absolute Gasteiger partial charge is 0.497 e. The Hall–Kier alpha value is -2.14. The Labute approximate surface area is 138 Å². The number of rotatable bonds is 2. The molecule has 1 aromatic carbocycles. The van der Waals surface area contributed by atoms with Gasteiger partial charge in [0, 0.05) is 10.4 Å². The monoisotopic (exact) mass is 326 g/mol. The first-order valence-corrected chi connectivity index (χ1v) is 8.66. The second-order valence-corrected chi connectivity index (χ2v) is 7.26. The summed E-state index contributed by atoms with van der Waals surface area (Å²) in [5, 5.41) is 0.800. The van der Waals surface area contributed by atoms with Crippen molar-refractivity contribution in [1.82, 2.24) is 9.97 Å². The fourth-order valence-electron chi connectivity index (χ4n) is 3.23. The highest BCUT2D eigenvalue weighted by molar-refractivity contribution is 7.18. The zero-order chi connectivity index (χ0) is 16.0. The smallest absolute Gasteiger partial charge is 0.260 e. The second kappa shape index (κ2) is 5.49. The molecule has 0 bridgehead atoms. The van der Waals surface area contributed by atoms with Gasteiger partial charge in [-0.25, -0.2) is 4.98 Å². The molecule has 118 valence electrons. The van der Waals surface area contributed by atoms with Crippen LogP contribution in [-0.4, -0.2) is 17.1 Å². The van der Waals surface area contributed by atoms with Crippen molar-refractivity contribution in [1.29, 1.82) is 0 Å². The summed E-state index contributed by atoms with van der Waals surface area (Å²) in [4.78, 5) is 22.5. The van der Waals surface area contributed by atoms with Crippen molar-refractivity contribution in [3.8, 4) is 17.1 Å². The first kappa shape index (κ1) is 14.5. The third-order valence-corrected chi connectivity index (χ3v) is 5.68. The molecule has 2 heterocycles. The van der Waals surface area contributed by atoms with Gasteiger partial charge >= 0.3 is 0 Å². The van der Waals surface area contributed by atoms with Crippen LogP contribution in [0.3, 0.4) is 0 Å². The van der Waals surface area contributed by atoms with Gasteiger partial charge in [-0.1, -0.05) is 6.92 Å². The van der Waals surface area contributed by atoms with E-state index in [9.17, 15) is 4.79 Å². The summed E-state index contributed by atoms with van der Waals surface area (Å²) in [6.07, 6.45) is 3.20. The Morgan fingerprint density at radius 2 is 2.09 bits per heavy atom. The number of thiophene rings is 1. The minimum absolute atomic E-state index is 0.0205. The van der Waals surface area contributed by atoms with Crippen molar-refractivity contribution in [2.24, 2.45) is 5.92 Å². The molecule has 1 atom stereocenters. The Morgan fingerprint density at radius 1 is 1.30 bits per heavy atom. The average Bonchev–Trinajstić information content (AvgIpc) is 2.92. The van der Waals surface area contributed by atoms with Gasteiger partial charge in [-0.05, 0) is 55.0 Å². The molecule has 4 rings (SSSR count). The summed E-state index contributed by atoms with van der Waals surface area (Å²) in [6.45, 7) is 2.27. The fourth-order valence-corrected chi connectivity index (χ4v) is 4.62. The molecular formula is C18H18N2O2S. The summed E-state index contributed by atoms with van der Waals surface area (Å²) in [6, 6.07) is 7.58. The molecule has 5 heteroatoms. The van der Waals surface area contributed by atoms with Crippen LogP contribution in [0.15, 0.2) is 29.1 Å². The van der Waals surface area contributed by atoms with Gasteiger partial charge in [-0.3, -0.25) is 4.79 Å². The molecule has 0 amide bonds. The van der Waals surface area contributed by atoms with Crippen molar-refractivity contribution >= 4 is 21.6 Å². The first-order valence-electron chi connectivity index (χ1n) is 7.84. The van der Waals surface area contributed by atoms with Crippen LogP contribution in [0.25, 0.3) is 21.6 Å². The molecule has 23 heavy (non-hydrogen) atoms. The number of methoxy groups -OCH3 is 1. The van der Waals surface area contributed by atoms with E-state index in [-0.39, 0.29) is 5.56 Å². The SMILES string of the molecule is COc1ccc(-c2nc3sc4c(c3c(=O)[nH]2)CCC(C)C4)cc1. The zero-order valence-corrected chi connectivity index (χ0v) is 14.0. The van der Waals surface area contributed by atoms with Gasteiger partial charge in [0.05, 0.1) is 12.5 Å². The molecule has 4 nitrogen and oxygen atoms in total. The Kier molecular flexibility index (Phi) is 3.45. The van der Waals surface area contributed by atoms with E-state index in [0.29, 0.717) is 11.7 Å². The van der Waals surface area contributed by atoms with Gasteiger partial charge < -0.3 is 9.72 Å². The van der Waals surface area contributed by atoms with Crippen LogP contribution in [0.2, 0.25) is 0 Å². The number of aromatic nitrogens is 2. The number of benzene rings is 1. The van der Waals surface area contributed by atoms with E-state index in [1.165, 1.54) is 10.4 Å². The van der Waals surface area contributed by atoms with Crippen molar-refractivity contribution < 1.29 is 4.74 Å². The summed E-state index contributed by atoms with van der Waals surface area (Å²) >= 11 is 1.68. The third-order valence-electron chi connectivity index (χ3n) is 4.53. The lowest BCUT2D eigenvalue weighted by Gasteiger charge is -2.17. The number of aromatic amines is 1. The van der Waals surface area contributed by atoms with Crippen LogP contribution >= 0.6 is 11.3 Å². The van der Waals surface area contributed by atoms with Crippen LogP contribution in [0, 0.1) is 5.92 Å². The predicted molar refractivity (Wildman–Crippen MR) is 93.4 cm³/mol. The summed E-state index contributed by atoms with van der Waals surface area (Å²) in [5.41, 5.74) is 2.09. The number of hydrogen-bond donors (Lipinski definition) is 1. The fraction of sp³-hybridized carbons (Fsp3) is 0.333. The highest BCUT2D eigenvalue weighted by Gasteiger charge is 2.23. The molecule has 0 radical (unpaired) electrons. The minimum atomic E-state index is -0.0205. The molecule has 0 aliphatic heterocycles. The molecule has 1 aliphatic carbocycles. The van der Waals surface area contributed by atoms with Crippen molar-refractivity contribution in [2.45, 2.75) is 26.2 Å². The van der Waals surface area contributed by atoms with E-state index in [2.05, 4.69) is 11.9 Å². The summed E-state index contributed by atoms with van der Waals surface area (Å²) in [7, 11) is 1.64. The highest BCUT2D eigenvalue weighted by atomic mass is 32.1. The highest BCUT2D eigenvalue weighted by Crippen LogP contribution is 2.36. The van der Waals surface area contributed by atoms with Gasteiger partial charge in [0.2, 0.25) is 0 Å². The summed E-state index contributed by atoms with van der Waals surface area (Å²) < 4.78 is 5.17. The van der Waals surface area contributed by atoms with E-state index in [0.717, 1.165) is 40.8 Å². The maximum Gasteiger partial charge on any atom is 0.260 e. The van der Waals surface area contributed by atoms with E-state index in [1.807, 2.05) is 24.3 Å². The zero-order valence-electron chi connectivity index (χ0n) is 13.2. The van der Waals surface area contributed by atoms with Gasteiger partial charge in [0.25, 0.3) is 5.56 Å². The summed E-state index contributed by atoms with van der Waals surface area (Å²) in [5.74, 6) is 2.10. The van der Waals surface area contributed by atoms with Crippen molar-refractivity contribution in [3.05, 3.63) is 45.1 Å². The molecule has 2 aromatic heterocycles. The minimum Gasteiger partial charge on any atom is -0.497 e. The lowest BCUT2D eigenvalue weighted by molar-refractivity contribution is 0.415. The van der Waals surface area contributed by atoms with E-state index >= 15 is 0 Å². The average molecular weight is 326 g/mol. The second-order valence-electron chi connectivity index (χ2n) is 6.17. The maximum absolute atomic E-state index is 12.6. The number of hydrogen-bond acceptors (Lipinski definition) is 4. The molecule has 1 N–H and O–H groups in total.